The van der Waals surface area contributed by atoms with E-state index >= 15 is 0 Å². The molecule has 13 heteroatoms. The number of rotatable bonds is 5. The van der Waals surface area contributed by atoms with Crippen LogP contribution in [-0.2, 0) is 10.0 Å². The Labute approximate surface area is 167 Å². The van der Waals surface area contributed by atoms with Crippen LogP contribution in [0.1, 0.15) is 18.5 Å². The molecule has 0 bridgehead atoms. The number of benzene rings is 1. The van der Waals surface area contributed by atoms with Gasteiger partial charge in [0, 0.05) is 12.7 Å². The quantitative estimate of drug-likeness (QED) is 0.603. The lowest BCUT2D eigenvalue weighted by Gasteiger charge is -2.31. The van der Waals surface area contributed by atoms with Gasteiger partial charge in [-0.15, -0.1) is 5.10 Å². The van der Waals surface area contributed by atoms with Crippen LogP contribution in [0.2, 0.25) is 0 Å². The molecule has 2 aromatic heterocycles. The van der Waals surface area contributed by atoms with E-state index in [0.717, 1.165) is 30.5 Å². The van der Waals surface area contributed by atoms with Crippen molar-refractivity contribution < 1.29 is 35.9 Å². The van der Waals surface area contributed by atoms with Crippen LogP contribution in [-0.4, -0.2) is 51.4 Å². The number of alkyl halides is 3. The number of pyridine rings is 1. The normalized spacial score (nSPS) is 13.7. The molecule has 1 atom stereocenters. The van der Waals surface area contributed by atoms with Gasteiger partial charge in [0.15, 0.2) is 0 Å². The third-order valence-electron chi connectivity index (χ3n) is 4.24. The van der Waals surface area contributed by atoms with Gasteiger partial charge in [0.1, 0.15) is 22.9 Å². The summed E-state index contributed by atoms with van der Waals surface area (Å²) in [5.74, 6) is -0.791. The lowest BCUT2D eigenvalue weighted by atomic mass is 10.1. The van der Waals surface area contributed by atoms with Gasteiger partial charge in [-0.25, -0.2) is 17.6 Å². The van der Waals surface area contributed by atoms with Crippen LogP contribution in [0.15, 0.2) is 47.6 Å². The van der Waals surface area contributed by atoms with Crippen LogP contribution < -0.4 is 0 Å². The molecule has 8 nitrogen and oxygen atoms in total. The summed E-state index contributed by atoms with van der Waals surface area (Å²) in [6, 6.07) is 3.13. The van der Waals surface area contributed by atoms with Crippen LogP contribution >= 0.6 is 0 Å². The van der Waals surface area contributed by atoms with E-state index in [0.29, 0.717) is 4.68 Å². The molecule has 160 valence electrons. The first-order valence-electron chi connectivity index (χ1n) is 8.39. The molecule has 0 aliphatic rings. The standard InChI is InChI=1S/C17H14F4N4O4S/c1-2-24(14(17(19,20)21)10-5-7-11(18)8-6-10)30(28,29)15-13-12(4-3-9-22-13)25(23-15)16(26)27/h3-9,14H,2H2,1H3,(H,26,27)/t14-/m1/s1. The molecule has 3 aromatic rings. The Kier molecular flexibility index (Phi) is 5.52. The number of halogens is 4. The van der Waals surface area contributed by atoms with Gasteiger partial charge in [0.25, 0.3) is 10.0 Å². The van der Waals surface area contributed by atoms with Crippen molar-refractivity contribution in [1.82, 2.24) is 19.1 Å². The topological polar surface area (TPSA) is 105 Å². The molecule has 0 saturated carbocycles. The second-order valence-corrected chi connectivity index (χ2v) is 7.88. The Hall–Kier alpha value is -3.06. The first kappa shape index (κ1) is 21.6. The molecule has 0 spiro atoms. The molecule has 30 heavy (non-hydrogen) atoms. The summed E-state index contributed by atoms with van der Waals surface area (Å²) in [6.07, 6.45) is -5.53. The van der Waals surface area contributed by atoms with Crippen molar-refractivity contribution in [2.45, 2.75) is 24.2 Å². The van der Waals surface area contributed by atoms with E-state index in [4.69, 9.17) is 0 Å². The monoisotopic (exact) mass is 446 g/mol. The molecule has 1 aromatic carbocycles. The van der Waals surface area contributed by atoms with Crippen LogP contribution in [0, 0.1) is 5.82 Å². The highest BCUT2D eigenvalue weighted by atomic mass is 32.2. The molecule has 2 heterocycles. The number of fused-ring (bicyclic) bond motifs is 1. The van der Waals surface area contributed by atoms with Gasteiger partial charge in [-0.05, 0) is 29.8 Å². The van der Waals surface area contributed by atoms with Gasteiger partial charge in [-0.2, -0.15) is 22.2 Å². The molecule has 0 radical (unpaired) electrons. The fraction of sp³-hybridized carbons (Fsp3) is 0.235. The molecule has 0 aliphatic heterocycles. The first-order valence-corrected chi connectivity index (χ1v) is 9.83. The number of sulfonamides is 1. The van der Waals surface area contributed by atoms with E-state index in [1.165, 1.54) is 19.1 Å². The minimum Gasteiger partial charge on any atom is -0.463 e. The third kappa shape index (κ3) is 3.73. The fourth-order valence-electron chi connectivity index (χ4n) is 3.01. The second-order valence-electron chi connectivity index (χ2n) is 6.07. The summed E-state index contributed by atoms with van der Waals surface area (Å²) in [6.45, 7) is 0.557. The minimum atomic E-state index is -5.06. The van der Waals surface area contributed by atoms with Crippen LogP contribution in [0.4, 0.5) is 22.4 Å². The van der Waals surface area contributed by atoms with Crippen molar-refractivity contribution in [3.8, 4) is 0 Å². The van der Waals surface area contributed by atoms with Gasteiger partial charge in [0.2, 0.25) is 5.03 Å². The first-order chi connectivity index (χ1) is 14.0. The summed E-state index contributed by atoms with van der Waals surface area (Å²) in [7, 11) is -4.97. The predicted octanol–water partition coefficient (Wildman–Crippen LogP) is 3.41. The maximum absolute atomic E-state index is 13.9. The van der Waals surface area contributed by atoms with E-state index in [-0.39, 0.29) is 9.82 Å². The van der Waals surface area contributed by atoms with Crippen molar-refractivity contribution in [2.24, 2.45) is 0 Å². The van der Waals surface area contributed by atoms with Crippen LogP contribution in [0.5, 0.6) is 0 Å². The van der Waals surface area contributed by atoms with E-state index in [1.807, 2.05) is 0 Å². The summed E-state index contributed by atoms with van der Waals surface area (Å²) in [4.78, 5) is 15.2. The zero-order valence-corrected chi connectivity index (χ0v) is 16.0. The minimum absolute atomic E-state index is 0.128. The van der Waals surface area contributed by atoms with E-state index < -0.39 is 56.8 Å². The summed E-state index contributed by atoms with van der Waals surface area (Å²) < 4.78 is 81.7. The summed E-state index contributed by atoms with van der Waals surface area (Å²) in [5.41, 5.74) is -1.10. The molecule has 0 amide bonds. The van der Waals surface area contributed by atoms with Gasteiger partial charge in [0.05, 0.1) is 0 Å². The van der Waals surface area contributed by atoms with Gasteiger partial charge in [-0.3, -0.25) is 4.98 Å². The van der Waals surface area contributed by atoms with Gasteiger partial charge in [-0.1, -0.05) is 19.1 Å². The Bertz CT molecular complexity index is 1190. The Morgan fingerprint density at radius 2 is 1.87 bits per heavy atom. The molecule has 0 fully saturated rings. The van der Waals surface area contributed by atoms with Crippen molar-refractivity contribution in [3.63, 3.8) is 0 Å². The molecule has 0 saturated heterocycles. The van der Waals surface area contributed by atoms with E-state index in [9.17, 15) is 35.9 Å². The molecule has 3 rings (SSSR count). The van der Waals surface area contributed by atoms with Crippen molar-refractivity contribution in [1.29, 1.82) is 0 Å². The maximum atomic E-state index is 13.9. The average Bonchev–Trinajstić information content (AvgIpc) is 3.06. The lowest BCUT2D eigenvalue weighted by Crippen LogP contribution is -2.42. The smallest absolute Gasteiger partial charge is 0.432 e. The molecular weight excluding hydrogens is 432 g/mol. The summed E-state index contributed by atoms with van der Waals surface area (Å²) in [5, 5.41) is 11.8. The van der Waals surface area contributed by atoms with Crippen LogP contribution in [0.3, 0.4) is 0 Å². The molecule has 1 N–H and O–H groups in total. The predicted molar refractivity (Wildman–Crippen MR) is 95.7 cm³/mol. The SMILES string of the molecule is CCN([C@H](c1ccc(F)cc1)C(F)(F)F)S(=O)(=O)c1nn(C(=O)O)c2cccnc12. The third-order valence-corrected chi connectivity index (χ3v) is 6.09. The fourth-order valence-corrected chi connectivity index (χ4v) is 4.68. The van der Waals surface area contributed by atoms with Crippen molar-refractivity contribution >= 4 is 27.1 Å². The number of carbonyl (C=O) groups is 1. The number of carboxylic acid groups (broad SMARTS) is 1. The van der Waals surface area contributed by atoms with Gasteiger partial charge < -0.3 is 5.11 Å². The van der Waals surface area contributed by atoms with E-state index in [2.05, 4.69) is 10.1 Å². The van der Waals surface area contributed by atoms with E-state index in [1.54, 1.807) is 0 Å². The van der Waals surface area contributed by atoms with Crippen molar-refractivity contribution in [2.75, 3.05) is 6.54 Å². The zero-order valence-electron chi connectivity index (χ0n) is 15.2. The second kappa shape index (κ2) is 7.65. The molecular formula is C17H14F4N4O4S. The highest BCUT2D eigenvalue weighted by Crippen LogP contribution is 2.41. The zero-order chi connectivity index (χ0) is 22.3. The molecule has 0 unspecified atom stereocenters. The highest BCUT2D eigenvalue weighted by molar-refractivity contribution is 7.89. The Balaban J connectivity index is 2.23. The Morgan fingerprint density at radius 1 is 1.23 bits per heavy atom. The average molecular weight is 446 g/mol. The highest BCUT2D eigenvalue weighted by Gasteiger charge is 2.49. The number of nitrogens with zero attached hydrogens (tertiary/aromatic N) is 4. The lowest BCUT2D eigenvalue weighted by molar-refractivity contribution is -0.173. The largest absolute Gasteiger partial charge is 0.463 e. The number of aromatic nitrogens is 3. The maximum Gasteiger partial charge on any atom is 0.432 e. The van der Waals surface area contributed by atoms with Crippen molar-refractivity contribution in [3.05, 3.63) is 54.0 Å². The molecule has 0 aliphatic carbocycles. The Morgan fingerprint density at radius 3 is 2.40 bits per heavy atom. The van der Waals surface area contributed by atoms with Gasteiger partial charge >= 0.3 is 12.3 Å². The number of hydrogen-bond acceptors (Lipinski definition) is 5. The number of hydrogen-bond donors (Lipinski definition) is 1. The van der Waals surface area contributed by atoms with Crippen LogP contribution in [0.25, 0.3) is 11.0 Å². The summed E-state index contributed by atoms with van der Waals surface area (Å²) >= 11 is 0.